The van der Waals surface area contributed by atoms with Crippen LogP contribution in [0.5, 0.6) is 5.75 Å². The highest BCUT2D eigenvalue weighted by molar-refractivity contribution is 7.80. The summed E-state index contributed by atoms with van der Waals surface area (Å²) in [4.78, 5) is 14.4. The number of thiol groups is 1. The largest absolute Gasteiger partial charge is 0.479 e. The van der Waals surface area contributed by atoms with Crippen LogP contribution in [-0.2, 0) is 4.79 Å². The summed E-state index contributed by atoms with van der Waals surface area (Å²) in [5, 5.41) is 0. The van der Waals surface area contributed by atoms with Gasteiger partial charge in [0.2, 0.25) is 0 Å². The van der Waals surface area contributed by atoms with E-state index >= 15 is 0 Å². The minimum atomic E-state index is -0.400. The first-order valence-electron chi connectivity index (χ1n) is 7.33. The van der Waals surface area contributed by atoms with Crippen LogP contribution in [0.25, 0.3) is 0 Å². The lowest BCUT2D eigenvalue weighted by Crippen LogP contribution is -2.49. The SMILES string of the molecule is CC1Oc2ccccc2N(CC2(CS)CCCC2)C1=O. The second-order valence-electron chi connectivity index (χ2n) is 6.02. The molecule has 4 heteroatoms. The summed E-state index contributed by atoms with van der Waals surface area (Å²) in [5.41, 5.74) is 1.08. The Bertz CT molecular complexity index is 511. The number of nitrogens with zero attached hydrogens (tertiary/aromatic N) is 1. The molecule has 3 nitrogen and oxygen atoms in total. The van der Waals surface area contributed by atoms with Gasteiger partial charge in [-0.1, -0.05) is 25.0 Å². The first-order chi connectivity index (χ1) is 9.65. The lowest BCUT2D eigenvalue weighted by molar-refractivity contribution is -0.125. The molecule has 1 saturated carbocycles. The molecule has 1 amide bonds. The van der Waals surface area contributed by atoms with Crippen molar-refractivity contribution in [1.29, 1.82) is 0 Å². The fourth-order valence-corrected chi connectivity index (χ4v) is 3.76. The molecule has 1 fully saturated rings. The third-order valence-electron chi connectivity index (χ3n) is 4.57. The maximum absolute atomic E-state index is 12.5. The highest BCUT2D eigenvalue weighted by Gasteiger charge is 2.39. The molecule has 1 heterocycles. The number of amides is 1. The standard InChI is InChI=1S/C16H21NO2S/c1-12-15(18)17(10-16(11-20)8-4-5-9-16)13-6-2-3-7-14(13)19-12/h2-3,6-7,12,20H,4-5,8-11H2,1H3. The average Bonchev–Trinajstić information content (AvgIpc) is 2.93. The van der Waals surface area contributed by atoms with Crippen molar-refractivity contribution in [3.8, 4) is 5.75 Å². The van der Waals surface area contributed by atoms with Gasteiger partial charge < -0.3 is 9.64 Å². The first kappa shape index (κ1) is 13.8. The molecule has 1 atom stereocenters. The zero-order valence-electron chi connectivity index (χ0n) is 11.8. The lowest BCUT2D eigenvalue weighted by atomic mass is 9.87. The molecule has 20 heavy (non-hydrogen) atoms. The molecule has 0 bridgehead atoms. The number of benzene rings is 1. The topological polar surface area (TPSA) is 29.5 Å². The average molecular weight is 291 g/mol. The number of anilines is 1. The molecule has 0 saturated heterocycles. The lowest BCUT2D eigenvalue weighted by Gasteiger charge is -2.39. The number of rotatable bonds is 3. The van der Waals surface area contributed by atoms with Gasteiger partial charge in [0.25, 0.3) is 5.91 Å². The summed E-state index contributed by atoms with van der Waals surface area (Å²) in [6.45, 7) is 2.59. The fraction of sp³-hybridized carbons (Fsp3) is 0.562. The van der Waals surface area contributed by atoms with Gasteiger partial charge in [-0.15, -0.1) is 0 Å². The van der Waals surface area contributed by atoms with Gasteiger partial charge in [0, 0.05) is 6.54 Å². The Morgan fingerprint density at radius 3 is 2.75 bits per heavy atom. The van der Waals surface area contributed by atoms with Gasteiger partial charge in [-0.2, -0.15) is 12.6 Å². The van der Waals surface area contributed by atoms with Gasteiger partial charge in [0.1, 0.15) is 5.75 Å². The van der Waals surface area contributed by atoms with E-state index in [1.165, 1.54) is 12.8 Å². The van der Waals surface area contributed by atoms with Crippen molar-refractivity contribution in [2.24, 2.45) is 5.41 Å². The maximum atomic E-state index is 12.5. The maximum Gasteiger partial charge on any atom is 0.267 e. The van der Waals surface area contributed by atoms with Gasteiger partial charge in [-0.25, -0.2) is 0 Å². The van der Waals surface area contributed by atoms with Gasteiger partial charge in [-0.05, 0) is 43.1 Å². The number of ether oxygens (including phenoxy) is 1. The second kappa shape index (κ2) is 5.32. The van der Waals surface area contributed by atoms with Crippen molar-refractivity contribution in [2.45, 2.75) is 38.7 Å². The summed E-state index contributed by atoms with van der Waals surface area (Å²) in [6, 6.07) is 7.82. The minimum Gasteiger partial charge on any atom is -0.479 e. The second-order valence-corrected chi connectivity index (χ2v) is 6.33. The van der Waals surface area contributed by atoms with Crippen LogP contribution in [0.3, 0.4) is 0 Å². The van der Waals surface area contributed by atoms with E-state index in [1.54, 1.807) is 0 Å². The van der Waals surface area contributed by atoms with Crippen LogP contribution in [0.4, 0.5) is 5.69 Å². The molecule has 0 N–H and O–H groups in total. The third kappa shape index (κ3) is 2.30. The Kier molecular flexibility index (Phi) is 3.67. The number of carbonyl (C=O) groups excluding carboxylic acids is 1. The van der Waals surface area contributed by atoms with E-state index in [-0.39, 0.29) is 11.3 Å². The van der Waals surface area contributed by atoms with Crippen LogP contribution in [-0.4, -0.2) is 24.3 Å². The molecule has 1 aromatic carbocycles. The Labute approximate surface area is 125 Å². The molecular formula is C16H21NO2S. The van der Waals surface area contributed by atoms with E-state index in [4.69, 9.17) is 4.74 Å². The van der Waals surface area contributed by atoms with E-state index in [1.807, 2.05) is 36.1 Å². The highest BCUT2D eigenvalue weighted by atomic mass is 32.1. The van der Waals surface area contributed by atoms with Crippen molar-refractivity contribution in [1.82, 2.24) is 0 Å². The van der Waals surface area contributed by atoms with Gasteiger partial charge in [-0.3, -0.25) is 4.79 Å². The summed E-state index contributed by atoms with van der Waals surface area (Å²) < 4.78 is 5.70. The van der Waals surface area contributed by atoms with E-state index < -0.39 is 6.10 Å². The molecule has 108 valence electrons. The van der Waals surface area contributed by atoms with Crippen molar-refractivity contribution >= 4 is 24.2 Å². The smallest absolute Gasteiger partial charge is 0.267 e. The number of carbonyl (C=O) groups is 1. The van der Waals surface area contributed by atoms with E-state index in [2.05, 4.69) is 12.6 Å². The van der Waals surface area contributed by atoms with Gasteiger partial charge in [0.15, 0.2) is 6.10 Å². The molecule has 0 radical (unpaired) electrons. The molecule has 0 aromatic heterocycles. The van der Waals surface area contributed by atoms with E-state index in [0.717, 1.165) is 36.6 Å². The number of hydrogen-bond donors (Lipinski definition) is 1. The molecule has 0 spiro atoms. The van der Waals surface area contributed by atoms with Gasteiger partial charge in [0.05, 0.1) is 5.69 Å². The number of hydrogen-bond acceptors (Lipinski definition) is 3. The van der Waals surface area contributed by atoms with E-state index in [9.17, 15) is 4.79 Å². The fourth-order valence-electron chi connectivity index (χ4n) is 3.35. The molecule has 1 aliphatic heterocycles. The van der Waals surface area contributed by atoms with Crippen LogP contribution in [0, 0.1) is 5.41 Å². The predicted molar refractivity (Wildman–Crippen MR) is 83.6 cm³/mol. The van der Waals surface area contributed by atoms with Gasteiger partial charge >= 0.3 is 0 Å². The molecule has 1 unspecified atom stereocenters. The van der Waals surface area contributed by atoms with Crippen molar-refractivity contribution < 1.29 is 9.53 Å². The summed E-state index contributed by atoms with van der Waals surface area (Å²) in [6.07, 6.45) is 4.42. The van der Waals surface area contributed by atoms with Crippen LogP contribution >= 0.6 is 12.6 Å². The Morgan fingerprint density at radius 1 is 1.35 bits per heavy atom. The zero-order chi connectivity index (χ0) is 14.2. The predicted octanol–water partition coefficient (Wildman–Crippen LogP) is 3.29. The quantitative estimate of drug-likeness (QED) is 0.866. The molecule has 1 aromatic rings. The normalized spacial score (nSPS) is 24.4. The molecular weight excluding hydrogens is 270 g/mol. The minimum absolute atomic E-state index is 0.0664. The monoisotopic (exact) mass is 291 g/mol. The molecule has 1 aliphatic carbocycles. The van der Waals surface area contributed by atoms with Crippen LogP contribution in [0.1, 0.15) is 32.6 Å². The van der Waals surface area contributed by atoms with Crippen molar-refractivity contribution in [3.63, 3.8) is 0 Å². The Morgan fingerprint density at radius 2 is 2.05 bits per heavy atom. The van der Waals surface area contributed by atoms with Crippen LogP contribution in [0.2, 0.25) is 0 Å². The van der Waals surface area contributed by atoms with Crippen LogP contribution in [0.15, 0.2) is 24.3 Å². The zero-order valence-corrected chi connectivity index (χ0v) is 12.7. The Balaban J connectivity index is 1.93. The number of fused-ring (bicyclic) bond motifs is 1. The number of para-hydroxylation sites is 2. The van der Waals surface area contributed by atoms with Crippen molar-refractivity contribution in [3.05, 3.63) is 24.3 Å². The molecule has 2 aliphatic rings. The Hall–Kier alpha value is -1.16. The molecule has 3 rings (SSSR count). The third-order valence-corrected chi connectivity index (χ3v) is 5.24. The van der Waals surface area contributed by atoms with Crippen molar-refractivity contribution in [2.75, 3.05) is 17.2 Å². The summed E-state index contributed by atoms with van der Waals surface area (Å²) in [5.74, 6) is 1.72. The van der Waals surface area contributed by atoms with E-state index in [0.29, 0.717) is 0 Å². The first-order valence-corrected chi connectivity index (χ1v) is 7.96. The summed E-state index contributed by atoms with van der Waals surface area (Å²) >= 11 is 4.55. The summed E-state index contributed by atoms with van der Waals surface area (Å²) in [7, 11) is 0. The van der Waals surface area contributed by atoms with Crippen LogP contribution < -0.4 is 9.64 Å². The highest BCUT2D eigenvalue weighted by Crippen LogP contribution is 2.43.